The Balaban J connectivity index is 0.000000163. The topological polar surface area (TPSA) is 27.6 Å². The standard InChI is InChI=1S/C28H26N2.C22H22N2.C17H20N2.C16H18N2.4CH4/c1-21(2)22-16-18-25(19-17-22)29-20-30-26(23-10-5-3-6-11-23)14-9-15-27(30)28(29)24-12-7-4-8-13-24;1-16-13-17(2)21(18(3)14-16)24-15-23-12-8-7-11-20(23)22(24)19-9-5-4-6-10-19;1-12-8-13(2)17(14(3)9-12)18-10-16-7-5-6-15(4)19(16)11-18;1-12-8-13(2)16(14(3)9-12)18-10-15-6-4-5-7-17(15)11-18;;;;/h3-21,28H,1-2H3;4-15,22H,1-3H3;5-9,11H,10H2,1-4H3;4-9,11H,10H2,1-3H3;4*1H4. The molecule has 5 aliphatic rings. The Bertz CT molecular complexity index is 4240. The summed E-state index contributed by atoms with van der Waals surface area (Å²) < 4.78 is 9.04. The van der Waals surface area contributed by atoms with E-state index < -0.39 is 0 Å². The highest BCUT2D eigenvalue weighted by Crippen LogP contribution is 2.44. The molecule has 15 rings (SSSR count). The molecule has 8 heterocycles. The molecule has 2 atom stereocenters. The molecule has 2 unspecified atom stereocenters. The van der Waals surface area contributed by atoms with Gasteiger partial charge in [-0.2, -0.15) is 0 Å². The van der Waals surface area contributed by atoms with Gasteiger partial charge in [0.15, 0.2) is 6.34 Å². The lowest BCUT2D eigenvalue weighted by Gasteiger charge is -2.29. The zero-order valence-electron chi connectivity index (χ0n) is 55.1. The average Bonchev–Trinajstić information content (AvgIpc) is 1.63. The molecule has 7 aromatic carbocycles. The molecule has 0 aliphatic carbocycles. The fourth-order valence-corrected chi connectivity index (χ4v) is 14.1. The molecule has 8 nitrogen and oxygen atoms in total. The number of hydrogen-bond acceptors (Lipinski definition) is 4. The lowest BCUT2D eigenvalue weighted by atomic mass is 9.95. The summed E-state index contributed by atoms with van der Waals surface area (Å²) >= 11 is 0. The van der Waals surface area contributed by atoms with E-state index in [9.17, 15) is 0 Å². The van der Waals surface area contributed by atoms with E-state index in [0.717, 1.165) is 13.1 Å². The molecule has 0 fully saturated rings. The van der Waals surface area contributed by atoms with Crippen LogP contribution in [-0.4, -0.2) is 10.9 Å². The molecule has 0 bridgehead atoms. The zero-order valence-corrected chi connectivity index (χ0v) is 55.1. The molecule has 10 aromatic rings. The van der Waals surface area contributed by atoms with Crippen LogP contribution in [0.3, 0.4) is 0 Å². The van der Waals surface area contributed by atoms with Gasteiger partial charge in [0.2, 0.25) is 0 Å². The van der Waals surface area contributed by atoms with E-state index in [1.54, 1.807) is 0 Å². The lowest BCUT2D eigenvalue weighted by molar-refractivity contribution is -0.636. The fraction of sp³-hybridized carbons (Fsp3) is 0.241. The summed E-state index contributed by atoms with van der Waals surface area (Å²) in [4.78, 5) is 9.49. The van der Waals surface area contributed by atoms with Crippen molar-refractivity contribution in [1.82, 2.24) is 0 Å². The largest absolute Gasteiger partial charge is 0.348 e. The maximum absolute atomic E-state index is 2.41. The third kappa shape index (κ3) is 14.9. The third-order valence-corrected chi connectivity index (χ3v) is 18.0. The van der Waals surface area contributed by atoms with E-state index in [1.165, 1.54) is 130 Å². The monoisotopic (exact) mass is 1260 g/mol. The minimum absolute atomic E-state index is 0. The molecule has 0 saturated heterocycles. The summed E-state index contributed by atoms with van der Waals surface area (Å²) in [6, 6.07) is 75.5. The van der Waals surface area contributed by atoms with E-state index in [1.807, 2.05) is 0 Å². The number of hydrogen-bond donors (Lipinski definition) is 0. The van der Waals surface area contributed by atoms with Gasteiger partial charge in [-0.1, -0.05) is 267 Å². The first-order valence-electron chi connectivity index (χ1n) is 32.1. The van der Waals surface area contributed by atoms with Crippen LogP contribution in [0.2, 0.25) is 0 Å². The van der Waals surface area contributed by atoms with Crippen molar-refractivity contribution in [2.24, 2.45) is 0 Å². The van der Waals surface area contributed by atoms with Crippen molar-refractivity contribution in [3.8, 4) is 0 Å². The van der Waals surface area contributed by atoms with Crippen LogP contribution in [0, 0.1) is 95.3 Å². The average molecular weight is 1260 g/mol. The molecular formula is C87H102N8. The van der Waals surface area contributed by atoms with Crippen molar-refractivity contribution in [2.75, 3.05) is 19.6 Å². The summed E-state index contributed by atoms with van der Waals surface area (Å²) in [5.41, 5.74) is 28.8. The number of anilines is 4. The van der Waals surface area contributed by atoms with Crippen molar-refractivity contribution >= 4 is 34.8 Å². The fourth-order valence-electron chi connectivity index (χ4n) is 14.1. The molecule has 95 heavy (non-hydrogen) atoms. The Hall–Kier alpha value is -10.2. The molecule has 0 spiro atoms. The van der Waals surface area contributed by atoms with Crippen LogP contribution in [0.15, 0.2) is 237 Å². The molecule has 5 aliphatic heterocycles. The number of nitrogens with zero attached hydrogens (tertiary/aromatic N) is 8. The molecule has 0 saturated carbocycles. The minimum Gasteiger partial charge on any atom is -0.348 e. The normalized spacial score (nSPS) is 14.9. The van der Waals surface area contributed by atoms with Gasteiger partial charge in [-0.3, -0.25) is 4.90 Å². The van der Waals surface area contributed by atoms with E-state index in [0.29, 0.717) is 5.92 Å². The van der Waals surface area contributed by atoms with Gasteiger partial charge >= 0.3 is 0 Å². The molecule has 0 N–H and O–H groups in total. The maximum atomic E-state index is 2.41. The second-order valence-electron chi connectivity index (χ2n) is 25.4. The number of pyridine rings is 3. The molecule has 3 aromatic heterocycles. The summed E-state index contributed by atoms with van der Waals surface area (Å²) in [5, 5.41) is 0. The van der Waals surface area contributed by atoms with Crippen LogP contribution >= 0.6 is 0 Å². The Labute approximate surface area is 571 Å². The zero-order chi connectivity index (χ0) is 63.4. The predicted molar refractivity (Wildman–Crippen MR) is 401 cm³/mol. The number of aryl methyl sites for hydroxylation is 10. The van der Waals surface area contributed by atoms with Crippen molar-refractivity contribution in [1.29, 1.82) is 0 Å². The summed E-state index contributed by atoms with van der Waals surface area (Å²) in [6.07, 6.45) is 13.1. The van der Waals surface area contributed by atoms with E-state index in [2.05, 4.69) is 384 Å². The Morgan fingerprint density at radius 2 is 0.947 bits per heavy atom. The van der Waals surface area contributed by atoms with Gasteiger partial charge in [-0.05, 0) is 143 Å². The second-order valence-corrected chi connectivity index (χ2v) is 25.4. The summed E-state index contributed by atoms with van der Waals surface area (Å²) in [6.45, 7) is 34.8. The van der Waals surface area contributed by atoms with Gasteiger partial charge in [0.25, 0.3) is 0 Å². The van der Waals surface area contributed by atoms with Crippen molar-refractivity contribution in [3.63, 3.8) is 0 Å². The highest BCUT2D eigenvalue weighted by Gasteiger charge is 2.40. The van der Waals surface area contributed by atoms with Crippen molar-refractivity contribution < 1.29 is 18.3 Å². The van der Waals surface area contributed by atoms with E-state index in [4.69, 9.17) is 0 Å². The van der Waals surface area contributed by atoms with Crippen LogP contribution in [0.25, 0.3) is 5.70 Å². The maximum Gasteiger partial charge on any atom is 0.171 e. The predicted octanol–water partition coefficient (Wildman–Crippen LogP) is 19.7. The first kappa shape index (κ1) is 70.7. The van der Waals surface area contributed by atoms with Crippen LogP contribution < -0.4 is 33.3 Å². The van der Waals surface area contributed by atoms with E-state index in [-0.39, 0.29) is 41.8 Å². The number of benzene rings is 7. The van der Waals surface area contributed by atoms with Gasteiger partial charge in [-0.15, -0.1) is 6.08 Å². The second kappa shape index (κ2) is 30.7. The SMILES string of the molecule is C.C.C.C.CC(C)c1ccc(N2C=[N+]3C(c4ccccc4)=CC=C[C-]3C2c2ccccc2)cc1.Cc1cc(C)c(N2[CH-][n+]3c(C)cccc3C2)c(C)c1.Cc1cc(C)c(N2[CH-][n+]3ccccc3C2)c(C)c1.Cc1cc(C)c(N2[CH-][n+]3ccccc3C2c2ccccc2)c(C)c1. The molecular weight excluding hydrogens is 1160 g/mol. The number of rotatable bonds is 8. The van der Waals surface area contributed by atoms with Gasteiger partial charge in [0.1, 0.15) is 48.8 Å². The molecule has 8 heteroatoms. The lowest BCUT2D eigenvalue weighted by Crippen LogP contribution is -2.37. The summed E-state index contributed by atoms with van der Waals surface area (Å²) in [5.74, 6) is 0.530. The number of aromatic nitrogens is 3. The smallest absolute Gasteiger partial charge is 0.171 e. The van der Waals surface area contributed by atoms with Gasteiger partial charge in [0, 0.05) is 22.8 Å². The van der Waals surface area contributed by atoms with Crippen LogP contribution in [0.1, 0.15) is 157 Å². The van der Waals surface area contributed by atoms with Crippen molar-refractivity contribution in [3.05, 3.63) is 358 Å². The number of fused-ring (bicyclic) bond motifs is 4. The van der Waals surface area contributed by atoms with Crippen LogP contribution in [0.4, 0.5) is 22.7 Å². The first-order chi connectivity index (χ1) is 44.1. The minimum atomic E-state index is 0. The highest BCUT2D eigenvalue weighted by atomic mass is 15.3. The van der Waals surface area contributed by atoms with Gasteiger partial charge < -0.3 is 33.0 Å². The highest BCUT2D eigenvalue weighted by molar-refractivity contribution is 5.84. The summed E-state index contributed by atoms with van der Waals surface area (Å²) in [7, 11) is 0. The molecule has 0 amide bonds. The van der Waals surface area contributed by atoms with Crippen LogP contribution in [0.5, 0.6) is 0 Å². The van der Waals surface area contributed by atoms with Crippen LogP contribution in [-0.2, 0) is 13.1 Å². The quantitative estimate of drug-likeness (QED) is 0.112. The Morgan fingerprint density at radius 1 is 0.463 bits per heavy atom. The Morgan fingerprint density at radius 3 is 1.49 bits per heavy atom. The first-order valence-corrected chi connectivity index (χ1v) is 32.1. The molecule has 490 valence electrons. The Kier molecular flexibility index (Phi) is 22.9. The van der Waals surface area contributed by atoms with Gasteiger partial charge in [-0.25, -0.2) is 0 Å². The number of allylic oxidation sites excluding steroid dienone is 2. The van der Waals surface area contributed by atoms with Gasteiger partial charge in [0.05, 0.1) is 43.3 Å². The molecule has 0 radical (unpaired) electrons. The van der Waals surface area contributed by atoms with Crippen molar-refractivity contribution in [2.45, 2.75) is 144 Å². The third-order valence-electron chi connectivity index (χ3n) is 18.0. The van der Waals surface area contributed by atoms with E-state index >= 15 is 0 Å².